The quantitative estimate of drug-likeness (QED) is 0.684. The number of hydrogen-bond acceptors (Lipinski definition) is 3. The minimum Gasteiger partial charge on any atom is -0.490 e. The van der Waals surface area contributed by atoms with Crippen molar-refractivity contribution in [2.75, 3.05) is 13.6 Å². The molecule has 126 valence electrons. The first kappa shape index (κ1) is 20.7. The van der Waals surface area contributed by atoms with E-state index in [2.05, 4.69) is 24.5 Å². The van der Waals surface area contributed by atoms with Crippen molar-refractivity contribution in [3.8, 4) is 5.75 Å². The van der Waals surface area contributed by atoms with Gasteiger partial charge in [-0.3, -0.25) is 4.79 Å². The van der Waals surface area contributed by atoms with Crippen molar-refractivity contribution in [3.63, 3.8) is 0 Å². The molecule has 1 rings (SSSR count). The second-order valence-electron chi connectivity index (χ2n) is 5.43. The van der Waals surface area contributed by atoms with Crippen LogP contribution in [-0.2, 0) is 11.3 Å². The van der Waals surface area contributed by atoms with Crippen LogP contribution in [0.25, 0.3) is 0 Å². The molecule has 1 aromatic rings. The summed E-state index contributed by atoms with van der Waals surface area (Å²) < 4.78 is 5.94. The van der Waals surface area contributed by atoms with Gasteiger partial charge in [0.1, 0.15) is 5.75 Å². The zero-order valence-electron chi connectivity index (χ0n) is 14.1. The molecule has 0 saturated heterocycles. The Bertz CT molecular complexity index is 452. The minimum atomic E-state index is 0. The third-order valence-corrected chi connectivity index (χ3v) is 3.43. The van der Waals surface area contributed by atoms with Gasteiger partial charge in [-0.15, -0.1) is 12.4 Å². The van der Waals surface area contributed by atoms with Gasteiger partial charge in [0.15, 0.2) is 0 Å². The monoisotopic (exact) mass is 328 g/mol. The van der Waals surface area contributed by atoms with Gasteiger partial charge in [-0.25, -0.2) is 0 Å². The molecule has 0 aliphatic carbocycles. The van der Waals surface area contributed by atoms with Gasteiger partial charge in [0.2, 0.25) is 5.91 Å². The Balaban J connectivity index is 0.00000441. The van der Waals surface area contributed by atoms with Crippen molar-refractivity contribution in [2.45, 2.75) is 52.7 Å². The number of hydrogen-bond donors (Lipinski definition) is 2. The summed E-state index contributed by atoms with van der Waals surface area (Å²) in [4.78, 5) is 11.8. The van der Waals surface area contributed by atoms with Crippen LogP contribution in [0.1, 0.15) is 44.2 Å². The molecule has 0 radical (unpaired) electrons. The highest BCUT2D eigenvalue weighted by Crippen LogP contribution is 2.22. The number of carbonyl (C=O) groups is 1. The van der Waals surface area contributed by atoms with Crippen molar-refractivity contribution >= 4 is 18.3 Å². The van der Waals surface area contributed by atoms with Gasteiger partial charge in [0.05, 0.1) is 6.10 Å². The van der Waals surface area contributed by atoms with Crippen molar-refractivity contribution in [3.05, 3.63) is 29.3 Å². The van der Waals surface area contributed by atoms with E-state index in [4.69, 9.17) is 4.74 Å². The minimum absolute atomic E-state index is 0. The second-order valence-corrected chi connectivity index (χ2v) is 5.43. The van der Waals surface area contributed by atoms with E-state index in [0.29, 0.717) is 13.0 Å². The lowest BCUT2D eigenvalue weighted by molar-refractivity contribution is -0.121. The van der Waals surface area contributed by atoms with E-state index in [1.54, 1.807) is 0 Å². The van der Waals surface area contributed by atoms with Crippen LogP contribution in [0.2, 0.25) is 0 Å². The highest BCUT2D eigenvalue weighted by molar-refractivity contribution is 5.85. The van der Waals surface area contributed by atoms with Gasteiger partial charge in [0, 0.05) is 18.5 Å². The first-order chi connectivity index (χ1) is 10.1. The molecule has 5 heteroatoms. The Morgan fingerprint density at radius 3 is 2.73 bits per heavy atom. The normalized spacial score (nSPS) is 11.5. The molecule has 1 atom stereocenters. The van der Waals surface area contributed by atoms with Crippen molar-refractivity contribution in [2.24, 2.45) is 0 Å². The van der Waals surface area contributed by atoms with Gasteiger partial charge >= 0.3 is 0 Å². The zero-order chi connectivity index (χ0) is 15.7. The summed E-state index contributed by atoms with van der Waals surface area (Å²) in [5, 5.41) is 6.00. The molecule has 0 bridgehead atoms. The van der Waals surface area contributed by atoms with Crippen LogP contribution in [0, 0.1) is 6.92 Å². The van der Waals surface area contributed by atoms with Gasteiger partial charge in [-0.1, -0.05) is 19.1 Å². The van der Waals surface area contributed by atoms with Crippen molar-refractivity contribution in [1.82, 2.24) is 10.6 Å². The van der Waals surface area contributed by atoms with Gasteiger partial charge in [0.25, 0.3) is 0 Å². The van der Waals surface area contributed by atoms with E-state index in [0.717, 1.165) is 36.3 Å². The van der Waals surface area contributed by atoms with E-state index < -0.39 is 0 Å². The highest BCUT2D eigenvalue weighted by Gasteiger charge is 2.09. The first-order valence-electron chi connectivity index (χ1n) is 7.74. The first-order valence-corrected chi connectivity index (χ1v) is 7.74. The maximum Gasteiger partial charge on any atom is 0.220 e. The molecule has 0 heterocycles. The molecule has 1 unspecified atom stereocenters. The molecule has 1 amide bonds. The number of benzene rings is 1. The highest BCUT2D eigenvalue weighted by atomic mass is 35.5. The van der Waals surface area contributed by atoms with Crippen LogP contribution in [0.15, 0.2) is 18.2 Å². The molecule has 1 aromatic carbocycles. The molecule has 0 fully saturated rings. The van der Waals surface area contributed by atoms with Crippen LogP contribution >= 0.6 is 12.4 Å². The van der Waals surface area contributed by atoms with E-state index in [-0.39, 0.29) is 24.4 Å². The third kappa shape index (κ3) is 7.66. The summed E-state index contributed by atoms with van der Waals surface area (Å²) in [7, 11) is 1.89. The maximum atomic E-state index is 11.8. The fraction of sp³-hybridized carbons (Fsp3) is 0.588. The third-order valence-electron chi connectivity index (χ3n) is 3.43. The zero-order valence-corrected chi connectivity index (χ0v) is 14.9. The molecule has 2 N–H and O–H groups in total. The van der Waals surface area contributed by atoms with Crippen molar-refractivity contribution in [1.29, 1.82) is 0 Å². The fourth-order valence-corrected chi connectivity index (χ4v) is 1.93. The largest absolute Gasteiger partial charge is 0.490 e. The van der Waals surface area contributed by atoms with Crippen LogP contribution in [0.3, 0.4) is 0 Å². The SMILES string of the molecule is CCC(C)Oc1cc(C)ccc1CNC(=O)CCCNC.Cl. The Morgan fingerprint density at radius 2 is 2.09 bits per heavy atom. The molecular weight excluding hydrogens is 300 g/mol. The Kier molecular flexibility index (Phi) is 10.7. The smallest absolute Gasteiger partial charge is 0.220 e. The van der Waals surface area contributed by atoms with Crippen molar-refractivity contribution < 1.29 is 9.53 Å². The van der Waals surface area contributed by atoms with Crippen LogP contribution < -0.4 is 15.4 Å². The number of ether oxygens (including phenoxy) is 1. The molecule has 0 aromatic heterocycles. The summed E-state index contributed by atoms with van der Waals surface area (Å²) >= 11 is 0. The molecule has 0 spiro atoms. The Morgan fingerprint density at radius 1 is 1.36 bits per heavy atom. The van der Waals surface area contributed by atoms with Crippen LogP contribution in [-0.4, -0.2) is 25.6 Å². The number of amides is 1. The van der Waals surface area contributed by atoms with Gasteiger partial charge in [-0.2, -0.15) is 0 Å². The molecule has 0 aliphatic rings. The van der Waals surface area contributed by atoms with E-state index in [1.807, 2.05) is 32.2 Å². The molecule has 0 aliphatic heterocycles. The predicted molar refractivity (Wildman–Crippen MR) is 93.8 cm³/mol. The summed E-state index contributed by atoms with van der Waals surface area (Å²) in [6, 6.07) is 6.11. The second kappa shape index (κ2) is 11.3. The number of carbonyl (C=O) groups excluding carboxylic acids is 1. The maximum absolute atomic E-state index is 11.8. The summed E-state index contributed by atoms with van der Waals surface area (Å²) in [5.74, 6) is 0.959. The Hall–Kier alpha value is -1.26. The number of halogens is 1. The average Bonchev–Trinajstić information content (AvgIpc) is 2.46. The van der Waals surface area contributed by atoms with Gasteiger partial charge < -0.3 is 15.4 Å². The summed E-state index contributed by atoms with van der Waals surface area (Å²) in [5.41, 5.74) is 2.19. The van der Waals surface area contributed by atoms with Crippen LogP contribution in [0.5, 0.6) is 5.75 Å². The number of aryl methyl sites for hydroxylation is 1. The molecule has 4 nitrogen and oxygen atoms in total. The predicted octanol–water partition coefficient (Wildman–Crippen LogP) is 3.21. The fourth-order valence-electron chi connectivity index (χ4n) is 1.93. The van der Waals surface area contributed by atoms with Gasteiger partial charge in [-0.05, 0) is 51.9 Å². The number of nitrogens with one attached hydrogen (secondary N) is 2. The standard InChI is InChI=1S/C17H28N2O2.ClH/c1-5-14(3)21-16-11-13(2)8-9-15(16)12-19-17(20)7-6-10-18-4;/h8-9,11,14,18H,5-7,10,12H2,1-4H3,(H,19,20);1H. The average molecular weight is 329 g/mol. The molecule has 22 heavy (non-hydrogen) atoms. The van der Waals surface area contributed by atoms with Crippen LogP contribution in [0.4, 0.5) is 0 Å². The lowest BCUT2D eigenvalue weighted by Crippen LogP contribution is -2.24. The summed E-state index contributed by atoms with van der Waals surface area (Å²) in [6.07, 6.45) is 2.54. The van der Waals surface area contributed by atoms with E-state index in [1.165, 1.54) is 0 Å². The van der Waals surface area contributed by atoms with E-state index >= 15 is 0 Å². The molecule has 0 saturated carbocycles. The molecular formula is C17H29ClN2O2. The number of rotatable bonds is 9. The topological polar surface area (TPSA) is 50.4 Å². The summed E-state index contributed by atoms with van der Waals surface area (Å²) in [6.45, 7) is 7.58. The Labute approximate surface area is 140 Å². The lowest BCUT2D eigenvalue weighted by Gasteiger charge is -2.17. The lowest BCUT2D eigenvalue weighted by atomic mass is 10.1. The van der Waals surface area contributed by atoms with E-state index in [9.17, 15) is 4.79 Å².